The van der Waals surface area contributed by atoms with E-state index >= 15 is 0 Å². The van der Waals surface area contributed by atoms with Crippen molar-refractivity contribution in [2.45, 2.75) is 37.6 Å². The second kappa shape index (κ2) is 9.98. The van der Waals surface area contributed by atoms with Crippen molar-refractivity contribution in [2.75, 3.05) is 17.4 Å². The summed E-state index contributed by atoms with van der Waals surface area (Å²) in [4.78, 5) is 14.9. The Bertz CT molecular complexity index is 1220. The molecule has 1 heterocycles. The fourth-order valence-electron chi connectivity index (χ4n) is 4.07. The molecule has 0 aliphatic carbocycles. The van der Waals surface area contributed by atoms with Crippen LogP contribution >= 0.6 is 11.6 Å². The molecular formula is C26H27ClN2O3S. The summed E-state index contributed by atoms with van der Waals surface area (Å²) in [7, 11) is -3.84. The Morgan fingerprint density at radius 1 is 0.939 bits per heavy atom. The maximum Gasteiger partial charge on any atom is 0.264 e. The van der Waals surface area contributed by atoms with Crippen LogP contribution in [0.5, 0.6) is 0 Å². The van der Waals surface area contributed by atoms with Crippen molar-refractivity contribution in [1.29, 1.82) is 0 Å². The number of carbonyl (C=O) groups excluding carboxylic acids is 1. The lowest BCUT2D eigenvalue weighted by atomic mass is 10.1. The van der Waals surface area contributed by atoms with E-state index in [9.17, 15) is 13.2 Å². The summed E-state index contributed by atoms with van der Waals surface area (Å²) in [6, 6.07) is 20.8. The molecule has 0 unspecified atom stereocenters. The number of aryl methyl sites for hydroxylation is 1. The molecule has 0 spiro atoms. The van der Waals surface area contributed by atoms with Crippen LogP contribution in [-0.2, 0) is 16.6 Å². The van der Waals surface area contributed by atoms with Crippen LogP contribution in [0.3, 0.4) is 0 Å². The van der Waals surface area contributed by atoms with E-state index in [0.29, 0.717) is 16.3 Å². The third-order valence-corrected chi connectivity index (χ3v) is 7.95. The summed E-state index contributed by atoms with van der Waals surface area (Å²) in [5.74, 6) is 0.0284. The van der Waals surface area contributed by atoms with Gasteiger partial charge in [-0.05, 0) is 73.7 Å². The molecule has 3 aromatic carbocycles. The predicted molar refractivity (Wildman–Crippen MR) is 132 cm³/mol. The van der Waals surface area contributed by atoms with Gasteiger partial charge in [-0.2, -0.15) is 0 Å². The van der Waals surface area contributed by atoms with Crippen LogP contribution in [0.2, 0.25) is 5.02 Å². The zero-order valence-electron chi connectivity index (χ0n) is 18.6. The van der Waals surface area contributed by atoms with Crippen LogP contribution < -0.4 is 4.31 Å². The molecule has 0 aromatic heterocycles. The summed E-state index contributed by atoms with van der Waals surface area (Å²) in [6.07, 6.45) is 3.24. The number of benzene rings is 3. The van der Waals surface area contributed by atoms with E-state index < -0.39 is 10.0 Å². The summed E-state index contributed by atoms with van der Waals surface area (Å²) < 4.78 is 28.6. The molecular weight excluding hydrogens is 456 g/mol. The van der Waals surface area contributed by atoms with Gasteiger partial charge in [0.05, 0.1) is 17.1 Å². The molecule has 0 N–H and O–H groups in total. The van der Waals surface area contributed by atoms with Crippen LogP contribution in [0.25, 0.3) is 0 Å². The first-order chi connectivity index (χ1) is 15.9. The fourth-order valence-corrected chi connectivity index (χ4v) is 5.77. The van der Waals surface area contributed by atoms with Crippen molar-refractivity contribution in [3.8, 4) is 0 Å². The lowest BCUT2D eigenvalue weighted by molar-refractivity contribution is 0.0724. The molecule has 1 fully saturated rings. The smallest absolute Gasteiger partial charge is 0.264 e. The van der Waals surface area contributed by atoms with Gasteiger partial charge in [0.2, 0.25) is 0 Å². The highest BCUT2D eigenvalue weighted by Crippen LogP contribution is 2.31. The lowest BCUT2D eigenvalue weighted by Crippen LogP contribution is -2.35. The SMILES string of the molecule is Cc1ccc(Cl)cc1N(Cc1ccc(C(=O)N2CCCCC2)cc1)S(=O)(=O)c1ccccc1. The molecule has 4 rings (SSSR count). The maximum absolute atomic E-state index is 13.6. The van der Waals surface area contributed by atoms with E-state index in [-0.39, 0.29) is 17.3 Å². The van der Waals surface area contributed by atoms with Crippen molar-refractivity contribution >= 4 is 33.2 Å². The molecule has 0 atom stereocenters. The van der Waals surface area contributed by atoms with E-state index in [1.54, 1.807) is 54.6 Å². The van der Waals surface area contributed by atoms with Crippen LogP contribution in [0.4, 0.5) is 5.69 Å². The highest BCUT2D eigenvalue weighted by molar-refractivity contribution is 7.92. The molecule has 0 saturated carbocycles. The summed E-state index contributed by atoms with van der Waals surface area (Å²) in [6.45, 7) is 3.56. The number of hydrogen-bond donors (Lipinski definition) is 0. The number of anilines is 1. The van der Waals surface area contributed by atoms with Crippen molar-refractivity contribution in [1.82, 2.24) is 4.90 Å². The second-order valence-electron chi connectivity index (χ2n) is 8.31. The number of nitrogens with zero attached hydrogens (tertiary/aromatic N) is 2. The summed E-state index contributed by atoms with van der Waals surface area (Å²) in [5.41, 5.74) is 2.73. The van der Waals surface area contributed by atoms with E-state index in [1.807, 2.05) is 30.0 Å². The lowest BCUT2D eigenvalue weighted by Gasteiger charge is -2.27. The van der Waals surface area contributed by atoms with Crippen molar-refractivity contribution < 1.29 is 13.2 Å². The normalized spacial score (nSPS) is 14.2. The first-order valence-electron chi connectivity index (χ1n) is 11.1. The minimum absolute atomic E-state index is 0.0284. The van der Waals surface area contributed by atoms with Gasteiger partial charge in [0, 0.05) is 23.7 Å². The Balaban J connectivity index is 1.66. The number of hydrogen-bond acceptors (Lipinski definition) is 3. The Kier molecular flexibility index (Phi) is 7.05. The number of likely N-dealkylation sites (tertiary alicyclic amines) is 1. The third-order valence-electron chi connectivity index (χ3n) is 5.94. The Hall–Kier alpha value is -2.83. The highest BCUT2D eigenvalue weighted by atomic mass is 35.5. The Labute approximate surface area is 200 Å². The number of piperidine rings is 1. The standard InChI is InChI=1S/C26H27ClN2O3S/c1-20-10-15-23(27)18-25(20)29(33(31,32)24-8-4-2-5-9-24)19-21-11-13-22(14-12-21)26(30)28-16-6-3-7-17-28/h2,4-5,8-15,18H,3,6-7,16-17,19H2,1H3. The Morgan fingerprint density at radius 3 is 2.27 bits per heavy atom. The van der Waals surface area contributed by atoms with Gasteiger partial charge in [-0.15, -0.1) is 0 Å². The molecule has 33 heavy (non-hydrogen) atoms. The van der Waals surface area contributed by atoms with Gasteiger partial charge in [0.1, 0.15) is 0 Å². The van der Waals surface area contributed by atoms with Gasteiger partial charge in [-0.1, -0.05) is 48.0 Å². The van der Waals surface area contributed by atoms with Gasteiger partial charge < -0.3 is 4.90 Å². The van der Waals surface area contributed by atoms with E-state index in [1.165, 1.54) is 4.31 Å². The predicted octanol–water partition coefficient (Wildman–Crippen LogP) is 5.67. The van der Waals surface area contributed by atoms with E-state index in [0.717, 1.165) is 43.5 Å². The van der Waals surface area contributed by atoms with Gasteiger partial charge in [-0.3, -0.25) is 9.10 Å². The summed E-state index contributed by atoms with van der Waals surface area (Å²) in [5, 5.41) is 0.464. The quantitative estimate of drug-likeness (QED) is 0.454. The molecule has 5 nitrogen and oxygen atoms in total. The number of rotatable bonds is 6. The van der Waals surface area contributed by atoms with Crippen molar-refractivity contribution in [3.63, 3.8) is 0 Å². The van der Waals surface area contributed by atoms with Gasteiger partial charge >= 0.3 is 0 Å². The van der Waals surface area contributed by atoms with Crippen LogP contribution in [0.1, 0.15) is 40.7 Å². The molecule has 1 aliphatic rings. The van der Waals surface area contributed by atoms with Crippen molar-refractivity contribution in [3.05, 3.63) is 94.5 Å². The first kappa shape index (κ1) is 23.3. The van der Waals surface area contributed by atoms with E-state index in [2.05, 4.69) is 0 Å². The van der Waals surface area contributed by atoms with Gasteiger partial charge in [0.15, 0.2) is 0 Å². The molecule has 1 saturated heterocycles. The molecule has 172 valence electrons. The summed E-state index contributed by atoms with van der Waals surface area (Å²) >= 11 is 6.23. The van der Waals surface area contributed by atoms with Crippen molar-refractivity contribution in [2.24, 2.45) is 0 Å². The minimum atomic E-state index is -3.84. The Morgan fingerprint density at radius 2 is 1.61 bits per heavy atom. The molecule has 1 amide bonds. The molecule has 0 radical (unpaired) electrons. The molecule has 3 aromatic rings. The maximum atomic E-state index is 13.6. The van der Waals surface area contributed by atoms with Crippen LogP contribution in [-0.4, -0.2) is 32.3 Å². The average Bonchev–Trinajstić information content (AvgIpc) is 2.85. The van der Waals surface area contributed by atoms with Crippen LogP contribution in [0.15, 0.2) is 77.7 Å². The number of amides is 1. The topological polar surface area (TPSA) is 57.7 Å². The van der Waals surface area contributed by atoms with Gasteiger partial charge in [0.25, 0.3) is 15.9 Å². The van der Waals surface area contributed by atoms with Crippen LogP contribution in [0, 0.1) is 6.92 Å². The zero-order chi connectivity index (χ0) is 23.4. The number of halogens is 1. The number of carbonyl (C=O) groups is 1. The number of sulfonamides is 1. The second-order valence-corrected chi connectivity index (χ2v) is 10.6. The molecule has 7 heteroatoms. The van der Waals surface area contributed by atoms with Gasteiger partial charge in [-0.25, -0.2) is 8.42 Å². The van der Waals surface area contributed by atoms with E-state index in [4.69, 9.17) is 11.6 Å². The minimum Gasteiger partial charge on any atom is -0.339 e. The molecule has 1 aliphatic heterocycles. The fraction of sp³-hybridized carbons (Fsp3) is 0.269. The monoisotopic (exact) mass is 482 g/mol. The third kappa shape index (κ3) is 5.23. The average molecular weight is 483 g/mol. The largest absolute Gasteiger partial charge is 0.339 e. The first-order valence-corrected chi connectivity index (χ1v) is 12.9. The highest BCUT2D eigenvalue weighted by Gasteiger charge is 2.27. The molecule has 0 bridgehead atoms. The zero-order valence-corrected chi connectivity index (χ0v) is 20.1.